The maximum Gasteiger partial charge on any atom is 0.220 e. The Morgan fingerprint density at radius 2 is 2.07 bits per heavy atom. The number of anilines is 1. The van der Waals surface area contributed by atoms with Gasteiger partial charge in [0.25, 0.3) is 0 Å². The summed E-state index contributed by atoms with van der Waals surface area (Å²) in [7, 11) is 0. The van der Waals surface area contributed by atoms with Gasteiger partial charge in [0.1, 0.15) is 0 Å². The summed E-state index contributed by atoms with van der Waals surface area (Å²) in [5.74, 6) is 0.163. The minimum absolute atomic E-state index is 0.163. The van der Waals surface area contributed by atoms with E-state index in [1.165, 1.54) is 35.3 Å². The van der Waals surface area contributed by atoms with E-state index in [9.17, 15) is 4.79 Å². The SMILES string of the molecule is Cc1cccc(N2CCC(NC(=O)CCc3n[nH]c4c3CCCC4)CC2)c1. The second-order valence-electron chi connectivity index (χ2n) is 8.00. The molecule has 4 rings (SSSR count). The zero-order valence-electron chi connectivity index (χ0n) is 16.3. The third-order valence-corrected chi connectivity index (χ3v) is 5.96. The highest BCUT2D eigenvalue weighted by Gasteiger charge is 2.22. The fourth-order valence-corrected chi connectivity index (χ4v) is 4.39. The Morgan fingerprint density at radius 3 is 2.89 bits per heavy atom. The van der Waals surface area contributed by atoms with Crippen molar-refractivity contribution in [2.75, 3.05) is 18.0 Å². The summed E-state index contributed by atoms with van der Waals surface area (Å²) < 4.78 is 0. The van der Waals surface area contributed by atoms with E-state index in [1.54, 1.807) is 0 Å². The lowest BCUT2D eigenvalue weighted by atomic mass is 9.94. The lowest BCUT2D eigenvalue weighted by Crippen LogP contribution is -2.44. The number of benzene rings is 1. The number of aryl methyl sites for hydroxylation is 3. The predicted octanol–water partition coefficient (Wildman–Crippen LogP) is 3.31. The van der Waals surface area contributed by atoms with Crippen molar-refractivity contribution in [3.8, 4) is 0 Å². The zero-order valence-corrected chi connectivity index (χ0v) is 16.3. The van der Waals surface area contributed by atoms with Gasteiger partial charge in [-0.15, -0.1) is 0 Å². The maximum atomic E-state index is 12.4. The van der Waals surface area contributed by atoms with Crippen LogP contribution in [0.4, 0.5) is 5.69 Å². The van der Waals surface area contributed by atoms with E-state index in [1.807, 2.05) is 0 Å². The number of hydrogen-bond acceptors (Lipinski definition) is 3. The second-order valence-corrected chi connectivity index (χ2v) is 8.00. The van der Waals surface area contributed by atoms with Crippen molar-refractivity contribution in [1.82, 2.24) is 15.5 Å². The van der Waals surface area contributed by atoms with Crippen LogP contribution in [0.25, 0.3) is 0 Å². The molecule has 0 bridgehead atoms. The van der Waals surface area contributed by atoms with Crippen LogP contribution in [0.5, 0.6) is 0 Å². The second kappa shape index (κ2) is 8.15. The van der Waals surface area contributed by atoms with Crippen LogP contribution in [0, 0.1) is 6.92 Å². The van der Waals surface area contributed by atoms with Gasteiger partial charge in [0.05, 0.1) is 5.69 Å². The summed E-state index contributed by atoms with van der Waals surface area (Å²) in [5, 5.41) is 10.9. The lowest BCUT2D eigenvalue weighted by Gasteiger charge is -2.34. The minimum atomic E-state index is 0.163. The molecule has 144 valence electrons. The number of hydrogen-bond donors (Lipinski definition) is 2. The number of nitrogens with one attached hydrogen (secondary N) is 2. The van der Waals surface area contributed by atoms with Crippen LogP contribution in [-0.2, 0) is 24.1 Å². The molecule has 0 unspecified atom stereocenters. The average molecular weight is 367 g/mol. The lowest BCUT2D eigenvalue weighted by molar-refractivity contribution is -0.121. The van der Waals surface area contributed by atoms with Gasteiger partial charge in [0.15, 0.2) is 0 Å². The van der Waals surface area contributed by atoms with Crippen molar-refractivity contribution in [1.29, 1.82) is 0 Å². The Kier molecular flexibility index (Phi) is 5.46. The first-order valence-corrected chi connectivity index (χ1v) is 10.3. The topological polar surface area (TPSA) is 61.0 Å². The summed E-state index contributed by atoms with van der Waals surface area (Å²) in [6, 6.07) is 8.96. The summed E-state index contributed by atoms with van der Waals surface area (Å²) >= 11 is 0. The molecular weight excluding hydrogens is 336 g/mol. The summed E-state index contributed by atoms with van der Waals surface area (Å²) in [4.78, 5) is 14.8. The molecule has 27 heavy (non-hydrogen) atoms. The monoisotopic (exact) mass is 366 g/mol. The molecule has 5 heteroatoms. The Labute approximate surface area is 161 Å². The van der Waals surface area contributed by atoms with Gasteiger partial charge in [-0.2, -0.15) is 5.10 Å². The standard InChI is InChI=1S/C22H30N4O/c1-16-5-4-6-18(15-16)26-13-11-17(12-14-26)23-22(27)10-9-21-19-7-2-3-8-20(19)24-25-21/h4-6,15,17H,2-3,7-14H2,1H3,(H,23,27)(H,24,25). The number of fused-ring (bicyclic) bond motifs is 1. The molecule has 2 heterocycles. The number of rotatable bonds is 5. The highest BCUT2D eigenvalue weighted by atomic mass is 16.1. The molecule has 1 aromatic heterocycles. The number of carbonyl (C=O) groups excluding carboxylic acids is 1. The number of aromatic nitrogens is 2. The van der Waals surface area contributed by atoms with Crippen LogP contribution in [0.1, 0.15) is 54.6 Å². The van der Waals surface area contributed by atoms with E-state index >= 15 is 0 Å². The van der Waals surface area contributed by atoms with Crippen LogP contribution in [0.3, 0.4) is 0 Å². The largest absolute Gasteiger partial charge is 0.371 e. The average Bonchev–Trinajstić information content (AvgIpc) is 3.10. The third kappa shape index (κ3) is 4.34. The molecule has 0 atom stereocenters. The molecule has 1 aliphatic carbocycles. The van der Waals surface area contributed by atoms with Gasteiger partial charge < -0.3 is 10.2 Å². The van der Waals surface area contributed by atoms with Crippen molar-refractivity contribution in [3.63, 3.8) is 0 Å². The first kappa shape index (κ1) is 18.1. The Balaban J connectivity index is 1.23. The number of aromatic amines is 1. The van der Waals surface area contributed by atoms with Gasteiger partial charge in [0, 0.05) is 43.4 Å². The van der Waals surface area contributed by atoms with E-state index in [0.717, 1.165) is 50.9 Å². The van der Waals surface area contributed by atoms with E-state index in [0.29, 0.717) is 12.5 Å². The fourth-order valence-electron chi connectivity index (χ4n) is 4.39. The number of carbonyl (C=O) groups is 1. The molecular formula is C22H30N4O. The van der Waals surface area contributed by atoms with Gasteiger partial charge in [0.2, 0.25) is 5.91 Å². The van der Waals surface area contributed by atoms with Crippen LogP contribution < -0.4 is 10.2 Å². The van der Waals surface area contributed by atoms with Crippen molar-refractivity contribution in [2.24, 2.45) is 0 Å². The van der Waals surface area contributed by atoms with Gasteiger partial charge >= 0.3 is 0 Å². The highest BCUT2D eigenvalue weighted by molar-refractivity contribution is 5.76. The van der Waals surface area contributed by atoms with Crippen LogP contribution >= 0.6 is 0 Å². The van der Waals surface area contributed by atoms with Crippen molar-refractivity contribution < 1.29 is 4.79 Å². The van der Waals surface area contributed by atoms with Gasteiger partial charge in [-0.25, -0.2) is 0 Å². The Morgan fingerprint density at radius 1 is 1.26 bits per heavy atom. The smallest absolute Gasteiger partial charge is 0.220 e. The van der Waals surface area contributed by atoms with Gasteiger partial charge in [-0.1, -0.05) is 12.1 Å². The number of piperidine rings is 1. The fraction of sp³-hybridized carbons (Fsp3) is 0.545. The summed E-state index contributed by atoms with van der Waals surface area (Å²) in [5.41, 5.74) is 6.36. The van der Waals surface area contributed by atoms with Crippen LogP contribution in [0.2, 0.25) is 0 Å². The van der Waals surface area contributed by atoms with Crippen LogP contribution in [0.15, 0.2) is 24.3 Å². The minimum Gasteiger partial charge on any atom is -0.371 e. The third-order valence-electron chi connectivity index (χ3n) is 5.96. The Hall–Kier alpha value is -2.30. The molecule has 0 saturated carbocycles. The predicted molar refractivity (Wildman–Crippen MR) is 108 cm³/mol. The van der Waals surface area contributed by atoms with Gasteiger partial charge in [-0.05, 0) is 68.7 Å². The molecule has 5 nitrogen and oxygen atoms in total. The molecule has 1 saturated heterocycles. The molecule has 2 aromatic rings. The first-order valence-electron chi connectivity index (χ1n) is 10.3. The van der Waals surface area contributed by atoms with Crippen molar-refractivity contribution in [2.45, 2.75) is 64.3 Å². The first-order chi connectivity index (χ1) is 13.2. The molecule has 1 aliphatic heterocycles. The van der Waals surface area contributed by atoms with Crippen LogP contribution in [-0.4, -0.2) is 35.2 Å². The van der Waals surface area contributed by atoms with E-state index < -0.39 is 0 Å². The summed E-state index contributed by atoms with van der Waals surface area (Å²) in [6.45, 7) is 4.13. The molecule has 2 N–H and O–H groups in total. The van der Waals surface area contributed by atoms with E-state index in [-0.39, 0.29) is 5.91 Å². The van der Waals surface area contributed by atoms with Crippen molar-refractivity contribution >= 4 is 11.6 Å². The number of amides is 1. The maximum absolute atomic E-state index is 12.4. The quantitative estimate of drug-likeness (QED) is 0.853. The molecule has 1 fully saturated rings. The van der Waals surface area contributed by atoms with E-state index in [2.05, 4.69) is 51.6 Å². The summed E-state index contributed by atoms with van der Waals surface area (Å²) in [6.07, 6.45) is 8.01. The number of H-pyrrole nitrogens is 1. The molecule has 2 aliphatic rings. The molecule has 0 radical (unpaired) electrons. The zero-order chi connectivity index (χ0) is 18.6. The normalized spacial score (nSPS) is 17.6. The highest BCUT2D eigenvalue weighted by Crippen LogP contribution is 2.23. The van der Waals surface area contributed by atoms with Gasteiger partial charge in [-0.3, -0.25) is 9.89 Å². The molecule has 1 aromatic carbocycles. The molecule has 1 amide bonds. The number of nitrogens with zero attached hydrogens (tertiary/aromatic N) is 2. The Bertz CT molecular complexity index is 789. The molecule has 0 spiro atoms. The van der Waals surface area contributed by atoms with Crippen molar-refractivity contribution in [3.05, 3.63) is 46.8 Å². The van der Waals surface area contributed by atoms with E-state index in [4.69, 9.17) is 0 Å².